The lowest BCUT2D eigenvalue weighted by atomic mass is 9.98. The Morgan fingerprint density at radius 3 is 2.79 bits per heavy atom. The average Bonchev–Trinajstić information content (AvgIpc) is 3.56. The topological polar surface area (TPSA) is 135 Å². The molecule has 0 bridgehead atoms. The van der Waals surface area contributed by atoms with Crippen LogP contribution in [0.2, 0.25) is 0 Å². The zero-order valence-electron chi connectivity index (χ0n) is 18.0. The van der Waals surface area contributed by atoms with Crippen LogP contribution in [-0.2, 0) is 16.8 Å². The minimum atomic E-state index is -0.679. The number of carbonyl (C=O) groups excluding carboxylic acids is 1. The molecule has 33 heavy (non-hydrogen) atoms. The van der Waals surface area contributed by atoms with Gasteiger partial charge in [-0.1, -0.05) is 17.1 Å². The summed E-state index contributed by atoms with van der Waals surface area (Å²) in [5.41, 5.74) is 8.75. The van der Waals surface area contributed by atoms with E-state index in [1.54, 1.807) is 24.1 Å². The normalized spacial score (nSPS) is 13.8. The van der Waals surface area contributed by atoms with Crippen molar-refractivity contribution in [3.63, 3.8) is 0 Å². The lowest BCUT2D eigenvalue weighted by molar-refractivity contribution is -0.120. The van der Waals surface area contributed by atoms with Crippen molar-refractivity contribution in [2.24, 2.45) is 5.73 Å². The van der Waals surface area contributed by atoms with Crippen molar-refractivity contribution < 1.29 is 4.79 Å². The Hall–Kier alpha value is -4.50. The van der Waals surface area contributed by atoms with Gasteiger partial charge in [-0.05, 0) is 37.1 Å². The van der Waals surface area contributed by atoms with Crippen molar-refractivity contribution >= 4 is 33.5 Å². The molecule has 1 amide bonds. The van der Waals surface area contributed by atoms with Gasteiger partial charge in [-0.3, -0.25) is 9.78 Å². The zero-order chi connectivity index (χ0) is 23.0. The highest BCUT2D eigenvalue weighted by atomic mass is 16.1. The number of nitrogens with zero attached hydrogens (tertiary/aromatic N) is 6. The number of rotatable bonds is 5. The molecule has 1 fully saturated rings. The number of nitrogens with two attached hydrogens (primary N) is 1. The minimum Gasteiger partial charge on any atom is -0.373 e. The van der Waals surface area contributed by atoms with E-state index in [2.05, 4.69) is 43.5 Å². The van der Waals surface area contributed by atoms with Gasteiger partial charge >= 0.3 is 0 Å². The van der Waals surface area contributed by atoms with Crippen LogP contribution in [0.5, 0.6) is 0 Å². The van der Waals surface area contributed by atoms with Crippen molar-refractivity contribution in [2.75, 3.05) is 12.4 Å². The standard InChI is InChI=1S/C24H20N8O/c1-27-22-18-14-28-21(24(7-8-24)23(26)33)12-17(18)16(13-29-22)5-3-15-4-6-19-20(11-15)32(31-30-19)10-2-9-25/h4,6,11-14H,2,7-8,10H2,1H3,(H2,26,33)(H,27,29). The van der Waals surface area contributed by atoms with Gasteiger partial charge in [0.25, 0.3) is 0 Å². The third kappa shape index (κ3) is 3.50. The lowest BCUT2D eigenvalue weighted by Gasteiger charge is -2.13. The quantitative estimate of drug-likeness (QED) is 0.458. The summed E-state index contributed by atoms with van der Waals surface area (Å²) in [4.78, 5) is 21.0. The molecule has 0 saturated heterocycles. The molecule has 0 unspecified atom stereocenters. The first-order chi connectivity index (χ1) is 16.1. The Balaban J connectivity index is 1.58. The molecule has 4 aromatic rings. The molecule has 9 nitrogen and oxygen atoms in total. The maximum atomic E-state index is 12.0. The van der Waals surface area contributed by atoms with Crippen LogP contribution in [0.25, 0.3) is 21.8 Å². The largest absolute Gasteiger partial charge is 0.373 e. The third-order valence-corrected chi connectivity index (χ3v) is 6.01. The highest BCUT2D eigenvalue weighted by Crippen LogP contribution is 2.47. The monoisotopic (exact) mass is 436 g/mol. The molecule has 0 spiro atoms. The second-order valence-corrected chi connectivity index (χ2v) is 8.01. The smallest absolute Gasteiger partial charge is 0.229 e. The fourth-order valence-electron chi connectivity index (χ4n) is 3.95. The van der Waals surface area contributed by atoms with Crippen LogP contribution in [0.4, 0.5) is 5.82 Å². The van der Waals surface area contributed by atoms with E-state index < -0.39 is 5.41 Å². The summed E-state index contributed by atoms with van der Waals surface area (Å²) in [7, 11) is 1.80. The number of aromatic nitrogens is 5. The first-order valence-corrected chi connectivity index (χ1v) is 10.5. The molecular formula is C24H20N8O. The molecule has 0 aliphatic heterocycles. The van der Waals surface area contributed by atoms with E-state index in [-0.39, 0.29) is 5.91 Å². The van der Waals surface area contributed by atoms with E-state index in [1.165, 1.54) is 0 Å². The Morgan fingerprint density at radius 1 is 1.21 bits per heavy atom. The highest BCUT2D eigenvalue weighted by Gasteiger charge is 2.51. The molecule has 1 aromatic carbocycles. The molecule has 3 heterocycles. The van der Waals surface area contributed by atoms with Crippen LogP contribution in [0.15, 0.2) is 36.7 Å². The van der Waals surface area contributed by atoms with E-state index in [4.69, 9.17) is 11.0 Å². The molecule has 162 valence electrons. The summed E-state index contributed by atoms with van der Waals surface area (Å²) in [5, 5.41) is 21.9. The SMILES string of the molecule is CNc1ncc(C#Cc2ccc3nnn(CCC#N)c3c2)c2cc(C3(C(N)=O)CC3)ncc12. The number of benzene rings is 1. The van der Waals surface area contributed by atoms with E-state index in [1.807, 2.05) is 24.3 Å². The number of anilines is 1. The molecule has 3 aromatic heterocycles. The molecule has 0 radical (unpaired) electrons. The summed E-state index contributed by atoms with van der Waals surface area (Å²) >= 11 is 0. The fourth-order valence-corrected chi connectivity index (χ4v) is 3.95. The maximum Gasteiger partial charge on any atom is 0.229 e. The summed E-state index contributed by atoms with van der Waals surface area (Å²) < 4.78 is 1.71. The molecule has 3 N–H and O–H groups in total. The number of fused-ring (bicyclic) bond motifs is 2. The Kier molecular flexibility index (Phi) is 4.87. The first kappa shape index (κ1) is 20.4. The van der Waals surface area contributed by atoms with Gasteiger partial charge in [-0.15, -0.1) is 5.10 Å². The van der Waals surface area contributed by atoms with Crippen LogP contribution in [0.1, 0.15) is 36.1 Å². The van der Waals surface area contributed by atoms with Gasteiger partial charge in [0.2, 0.25) is 5.91 Å². The molecule has 1 saturated carbocycles. The summed E-state index contributed by atoms with van der Waals surface area (Å²) in [5.74, 6) is 6.75. The number of hydrogen-bond acceptors (Lipinski definition) is 7. The van der Waals surface area contributed by atoms with E-state index in [9.17, 15) is 4.79 Å². The van der Waals surface area contributed by atoms with Crippen molar-refractivity contribution in [3.8, 4) is 17.9 Å². The second kappa shape index (κ2) is 7.88. The predicted octanol–water partition coefficient (Wildman–Crippen LogP) is 2.25. The number of pyridine rings is 2. The van der Waals surface area contributed by atoms with Gasteiger partial charge in [-0.2, -0.15) is 5.26 Å². The molecule has 5 rings (SSSR count). The minimum absolute atomic E-state index is 0.347. The molecular weight excluding hydrogens is 416 g/mol. The number of aryl methyl sites for hydroxylation is 1. The Bertz CT molecular complexity index is 1510. The average molecular weight is 436 g/mol. The Labute approximate surface area is 189 Å². The maximum absolute atomic E-state index is 12.0. The van der Waals surface area contributed by atoms with Crippen LogP contribution < -0.4 is 11.1 Å². The van der Waals surface area contributed by atoms with Crippen molar-refractivity contribution in [1.29, 1.82) is 5.26 Å². The first-order valence-electron chi connectivity index (χ1n) is 10.5. The van der Waals surface area contributed by atoms with Crippen LogP contribution in [0.3, 0.4) is 0 Å². The van der Waals surface area contributed by atoms with Gasteiger partial charge in [0.15, 0.2) is 0 Å². The Morgan fingerprint density at radius 2 is 2.06 bits per heavy atom. The lowest BCUT2D eigenvalue weighted by Crippen LogP contribution is -2.29. The number of amides is 1. The van der Waals surface area contributed by atoms with E-state index >= 15 is 0 Å². The van der Waals surface area contributed by atoms with Gasteiger partial charge in [0, 0.05) is 35.8 Å². The molecule has 9 heteroatoms. The third-order valence-electron chi connectivity index (χ3n) is 6.01. The van der Waals surface area contributed by atoms with Gasteiger partial charge in [-0.25, -0.2) is 9.67 Å². The van der Waals surface area contributed by atoms with Crippen LogP contribution in [-0.4, -0.2) is 37.9 Å². The molecule has 1 aliphatic rings. The van der Waals surface area contributed by atoms with Gasteiger partial charge in [0.05, 0.1) is 41.2 Å². The molecule has 1 aliphatic carbocycles. The van der Waals surface area contributed by atoms with Gasteiger partial charge in [0.1, 0.15) is 11.3 Å². The number of hydrogen-bond donors (Lipinski definition) is 2. The highest BCUT2D eigenvalue weighted by molar-refractivity contribution is 5.97. The van der Waals surface area contributed by atoms with Crippen molar-refractivity contribution in [3.05, 3.63) is 53.5 Å². The van der Waals surface area contributed by atoms with Crippen LogP contribution in [0, 0.1) is 23.2 Å². The second-order valence-electron chi connectivity index (χ2n) is 8.01. The van der Waals surface area contributed by atoms with E-state index in [0.29, 0.717) is 37.3 Å². The van der Waals surface area contributed by atoms with Crippen LogP contribution >= 0.6 is 0 Å². The van der Waals surface area contributed by atoms with E-state index in [0.717, 1.165) is 32.9 Å². The van der Waals surface area contributed by atoms with Crippen molar-refractivity contribution in [1.82, 2.24) is 25.0 Å². The predicted molar refractivity (Wildman–Crippen MR) is 123 cm³/mol. The molecule has 0 atom stereocenters. The summed E-state index contributed by atoms with van der Waals surface area (Å²) in [6.07, 6.45) is 5.21. The number of carbonyl (C=O) groups is 1. The number of nitrogens with one attached hydrogen (secondary N) is 1. The summed E-state index contributed by atoms with van der Waals surface area (Å²) in [6, 6.07) is 9.69. The van der Waals surface area contributed by atoms with Gasteiger partial charge < -0.3 is 11.1 Å². The number of primary amides is 1. The summed E-state index contributed by atoms with van der Waals surface area (Å²) in [6.45, 7) is 0.474. The fraction of sp³-hybridized carbons (Fsp3) is 0.250. The zero-order valence-corrected chi connectivity index (χ0v) is 18.0. The van der Waals surface area contributed by atoms with Crippen molar-refractivity contribution in [2.45, 2.75) is 31.2 Å². The number of nitriles is 1.